The van der Waals surface area contributed by atoms with Crippen LogP contribution in [0.1, 0.15) is 12.5 Å². The zero-order chi connectivity index (χ0) is 15.5. The molecule has 0 aliphatic rings. The first kappa shape index (κ1) is 15.7. The minimum absolute atomic E-state index is 0.0415. The van der Waals surface area contributed by atoms with Crippen molar-refractivity contribution >= 4 is 27.1 Å². The fourth-order valence-corrected chi connectivity index (χ4v) is 3.47. The number of sulfone groups is 1. The monoisotopic (exact) mass is 324 g/mol. The number of hydrogen-bond acceptors (Lipinski definition) is 4. The summed E-state index contributed by atoms with van der Waals surface area (Å²) < 4.78 is 25.4. The highest BCUT2D eigenvalue weighted by atomic mass is 32.2. The van der Waals surface area contributed by atoms with Gasteiger partial charge in [-0.05, 0) is 17.7 Å². The lowest BCUT2D eigenvalue weighted by molar-refractivity contribution is -0.117. The van der Waals surface area contributed by atoms with Crippen molar-refractivity contribution in [2.24, 2.45) is 12.0 Å². The third-order valence-corrected chi connectivity index (χ3v) is 5.55. The largest absolute Gasteiger partial charge is 0.327 e. The van der Waals surface area contributed by atoms with Crippen molar-refractivity contribution in [3.63, 3.8) is 0 Å². The second kappa shape index (κ2) is 6.36. The quantitative estimate of drug-likeness (QED) is 0.857. The minimum Gasteiger partial charge on any atom is -0.327 e. The van der Waals surface area contributed by atoms with E-state index < -0.39 is 9.84 Å². The molecular formula is C14H16N2O3S2. The van der Waals surface area contributed by atoms with Crippen LogP contribution in [0.5, 0.6) is 0 Å². The Bertz CT molecular complexity index is 816. The van der Waals surface area contributed by atoms with Crippen LogP contribution in [0, 0.1) is 0 Å². The van der Waals surface area contributed by atoms with E-state index in [9.17, 15) is 13.2 Å². The van der Waals surface area contributed by atoms with Gasteiger partial charge in [-0.25, -0.2) is 8.42 Å². The fraction of sp³-hybridized carbons (Fsp3) is 0.286. The van der Waals surface area contributed by atoms with E-state index in [1.807, 2.05) is 18.6 Å². The van der Waals surface area contributed by atoms with Gasteiger partial charge in [-0.15, -0.1) is 11.3 Å². The first-order chi connectivity index (χ1) is 9.92. The number of thiazole rings is 1. The average Bonchev–Trinajstić information content (AvgIpc) is 2.84. The second-order valence-electron chi connectivity index (χ2n) is 4.53. The Kier molecular flexibility index (Phi) is 4.74. The molecule has 112 valence electrons. The highest BCUT2D eigenvalue weighted by molar-refractivity contribution is 7.91. The lowest BCUT2D eigenvalue weighted by atomic mass is 10.1. The van der Waals surface area contributed by atoms with Gasteiger partial charge in [-0.3, -0.25) is 4.79 Å². The Morgan fingerprint density at radius 3 is 2.76 bits per heavy atom. The first-order valence-electron chi connectivity index (χ1n) is 6.42. The first-order valence-corrected chi connectivity index (χ1v) is 8.95. The van der Waals surface area contributed by atoms with Gasteiger partial charge >= 0.3 is 0 Å². The van der Waals surface area contributed by atoms with E-state index in [4.69, 9.17) is 0 Å². The van der Waals surface area contributed by atoms with Crippen molar-refractivity contribution in [1.82, 2.24) is 4.57 Å². The molecule has 0 atom stereocenters. The maximum absolute atomic E-state index is 11.9. The van der Waals surface area contributed by atoms with Crippen molar-refractivity contribution in [3.05, 3.63) is 46.2 Å². The van der Waals surface area contributed by atoms with E-state index in [1.165, 1.54) is 11.3 Å². The molecule has 1 heterocycles. The van der Waals surface area contributed by atoms with Gasteiger partial charge in [0.2, 0.25) is 0 Å². The number of carbonyl (C=O) groups is 1. The average molecular weight is 324 g/mol. The van der Waals surface area contributed by atoms with Gasteiger partial charge in [0.1, 0.15) is 0 Å². The maximum atomic E-state index is 11.9. The lowest BCUT2D eigenvalue weighted by Gasteiger charge is -2.03. The van der Waals surface area contributed by atoms with Crippen LogP contribution in [0.25, 0.3) is 0 Å². The van der Waals surface area contributed by atoms with Crippen molar-refractivity contribution in [3.8, 4) is 0 Å². The molecule has 0 saturated carbocycles. The van der Waals surface area contributed by atoms with Crippen molar-refractivity contribution in [2.45, 2.75) is 18.2 Å². The molecule has 0 radical (unpaired) electrons. The molecule has 0 N–H and O–H groups in total. The summed E-state index contributed by atoms with van der Waals surface area (Å²) in [7, 11) is -1.44. The zero-order valence-corrected chi connectivity index (χ0v) is 13.4. The molecule has 1 amide bonds. The Morgan fingerprint density at radius 1 is 1.38 bits per heavy atom. The van der Waals surface area contributed by atoms with Crippen LogP contribution >= 0.6 is 11.3 Å². The van der Waals surface area contributed by atoms with Crippen molar-refractivity contribution in [1.29, 1.82) is 0 Å². The summed E-state index contributed by atoms with van der Waals surface area (Å²) in [5.74, 6) is -0.251. The van der Waals surface area contributed by atoms with E-state index in [2.05, 4.69) is 4.99 Å². The van der Waals surface area contributed by atoms with E-state index in [-0.39, 0.29) is 23.0 Å². The highest BCUT2D eigenvalue weighted by Gasteiger charge is 2.12. The summed E-state index contributed by atoms with van der Waals surface area (Å²) in [6.45, 7) is 1.60. The van der Waals surface area contributed by atoms with Crippen LogP contribution in [-0.4, -0.2) is 24.6 Å². The summed E-state index contributed by atoms with van der Waals surface area (Å²) in [4.78, 5) is 16.8. The molecule has 2 aromatic rings. The molecule has 0 aliphatic heterocycles. The number of aryl methyl sites for hydroxylation is 1. The third-order valence-electron chi connectivity index (χ3n) is 2.97. The number of carbonyl (C=O) groups excluding carboxylic acids is 1. The van der Waals surface area contributed by atoms with Crippen molar-refractivity contribution in [2.75, 3.05) is 5.75 Å². The van der Waals surface area contributed by atoms with Crippen LogP contribution in [0.2, 0.25) is 0 Å². The molecule has 1 aromatic carbocycles. The molecule has 0 fully saturated rings. The van der Waals surface area contributed by atoms with E-state index in [0.717, 1.165) is 0 Å². The molecule has 0 saturated heterocycles. The standard InChI is InChI=1S/C14H16N2O3S2/c1-3-21(18,19)12-6-4-5-11(9-12)10-13(17)15-14-16(2)7-8-20-14/h4-9H,3,10H2,1-2H3. The molecule has 0 aliphatic carbocycles. The molecule has 0 spiro atoms. The van der Waals surface area contributed by atoms with Gasteiger partial charge < -0.3 is 4.57 Å². The number of benzene rings is 1. The number of hydrogen-bond donors (Lipinski definition) is 0. The number of aromatic nitrogens is 1. The van der Waals surface area contributed by atoms with Crippen LogP contribution < -0.4 is 4.80 Å². The van der Waals surface area contributed by atoms with Gasteiger partial charge in [0.25, 0.3) is 5.91 Å². The number of amides is 1. The molecule has 1 aromatic heterocycles. The Morgan fingerprint density at radius 2 is 2.14 bits per heavy atom. The molecule has 0 unspecified atom stereocenters. The van der Waals surface area contributed by atoms with Gasteiger partial charge in [0, 0.05) is 18.6 Å². The van der Waals surface area contributed by atoms with Crippen LogP contribution in [0.15, 0.2) is 45.7 Å². The highest BCUT2D eigenvalue weighted by Crippen LogP contribution is 2.14. The fourth-order valence-electron chi connectivity index (χ4n) is 1.77. The van der Waals surface area contributed by atoms with Gasteiger partial charge in [0.05, 0.1) is 17.1 Å². The predicted molar refractivity (Wildman–Crippen MR) is 81.7 cm³/mol. The summed E-state index contributed by atoms with van der Waals surface area (Å²) in [5.41, 5.74) is 0.650. The molecule has 5 nitrogen and oxygen atoms in total. The smallest absolute Gasteiger partial charge is 0.252 e. The summed E-state index contributed by atoms with van der Waals surface area (Å²) in [6, 6.07) is 6.47. The van der Waals surface area contributed by atoms with Crippen molar-refractivity contribution < 1.29 is 13.2 Å². The SMILES string of the molecule is CCS(=O)(=O)c1cccc(CC(=O)N=c2sccn2C)c1. The third kappa shape index (κ3) is 3.89. The van der Waals surface area contributed by atoms with E-state index >= 15 is 0 Å². The maximum Gasteiger partial charge on any atom is 0.252 e. The Hall–Kier alpha value is -1.73. The van der Waals surface area contributed by atoms with Gasteiger partial charge in [0.15, 0.2) is 14.6 Å². The summed E-state index contributed by atoms with van der Waals surface area (Å²) in [5, 5.41) is 1.85. The second-order valence-corrected chi connectivity index (χ2v) is 7.68. The molecular weight excluding hydrogens is 308 g/mol. The van der Waals surface area contributed by atoms with Crippen LogP contribution in [0.3, 0.4) is 0 Å². The Labute approximate surface area is 127 Å². The van der Waals surface area contributed by atoms with Gasteiger partial charge in [-0.2, -0.15) is 4.99 Å². The van der Waals surface area contributed by atoms with Crippen LogP contribution in [0.4, 0.5) is 0 Å². The van der Waals surface area contributed by atoms with Gasteiger partial charge in [-0.1, -0.05) is 19.1 Å². The molecule has 21 heavy (non-hydrogen) atoms. The topological polar surface area (TPSA) is 68.5 Å². The summed E-state index contributed by atoms with van der Waals surface area (Å²) >= 11 is 1.38. The normalized spacial score (nSPS) is 12.6. The van der Waals surface area contributed by atoms with E-state index in [1.54, 1.807) is 35.8 Å². The number of rotatable bonds is 4. The number of nitrogens with zero attached hydrogens (tertiary/aromatic N) is 2. The Balaban J connectivity index is 2.23. The lowest BCUT2D eigenvalue weighted by Crippen LogP contribution is -2.13. The minimum atomic E-state index is -3.26. The molecule has 2 rings (SSSR count). The molecule has 0 bridgehead atoms. The predicted octanol–water partition coefficient (Wildman–Crippen LogP) is 1.55. The summed E-state index contributed by atoms with van der Waals surface area (Å²) in [6.07, 6.45) is 1.91. The molecule has 7 heteroatoms. The zero-order valence-electron chi connectivity index (χ0n) is 11.8. The van der Waals surface area contributed by atoms with Crippen LogP contribution in [-0.2, 0) is 28.1 Å². The van der Waals surface area contributed by atoms with E-state index in [0.29, 0.717) is 10.4 Å².